The predicted octanol–water partition coefficient (Wildman–Crippen LogP) is 3.31. The van der Waals surface area contributed by atoms with E-state index >= 15 is 0 Å². The summed E-state index contributed by atoms with van der Waals surface area (Å²) >= 11 is 1.43. The van der Waals surface area contributed by atoms with Crippen molar-refractivity contribution in [1.82, 2.24) is 4.90 Å². The molecular formula is C20H24N2O5S. The lowest BCUT2D eigenvalue weighted by atomic mass is 9.94. The van der Waals surface area contributed by atoms with Gasteiger partial charge in [-0.3, -0.25) is 9.69 Å². The number of amidine groups is 1. The van der Waals surface area contributed by atoms with E-state index in [0.29, 0.717) is 41.0 Å². The number of benzene rings is 1. The van der Waals surface area contributed by atoms with Gasteiger partial charge >= 0.3 is 5.97 Å². The van der Waals surface area contributed by atoms with Crippen molar-refractivity contribution in [2.45, 2.75) is 38.5 Å². The number of thioether (sulfide) groups is 1. The number of methoxy groups -OCH3 is 2. The number of carbonyl (C=O) groups is 2. The van der Waals surface area contributed by atoms with E-state index in [1.54, 1.807) is 31.1 Å². The van der Waals surface area contributed by atoms with Gasteiger partial charge in [0, 0.05) is 0 Å². The van der Waals surface area contributed by atoms with Gasteiger partial charge in [0.05, 0.1) is 43.4 Å². The molecule has 1 aromatic carbocycles. The summed E-state index contributed by atoms with van der Waals surface area (Å²) < 4.78 is 16.1. The smallest absolute Gasteiger partial charge is 0.338 e. The highest BCUT2D eigenvalue weighted by molar-refractivity contribution is 8.15. The van der Waals surface area contributed by atoms with Crippen LogP contribution >= 0.6 is 11.8 Å². The minimum Gasteiger partial charge on any atom is -0.493 e. The Hall–Kier alpha value is -2.48. The van der Waals surface area contributed by atoms with Crippen LogP contribution in [-0.2, 0) is 14.3 Å². The SMILES string of the molecule is CCOc1ccc(C2C(C(=O)OC)=C(C)N=C3SC(CC)C(=O)N32)cc1OC. The third-order valence-electron chi connectivity index (χ3n) is 4.73. The van der Waals surface area contributed by atoms with E-state index in [1.165, 1.54) is 18.9 Å². The Labute approximate surface area is 168 Å². The van der Waals surface area contributed by atoms with Crippen molar-refractivity contribution in [3.8, 4) is 11.5 Å². The van der Waals surface area contributed by atoms with Crippen LogP contribution in [-0.4, -0.2) is 48.0 Å². The van der Waals surface area contributed by atoms with E-state index in [9.17, 15) is 9.59 Å². The van der Waals surface area contributed by atoms with Gasteiger partial charge in [0.25, 0.3) is 0 Å². The van der Waals surface area contributed by atoms with Crippen molar-refractivity contribution in [2.75, 3.05) is 20.8 Å². The standard InChI is InChI=1S/C20H24N2O5S/c1-6-15-18(23)22-17(12-8-9-13(27-7-2)14(10-12)25-4)16(19(24)26-5)11(3)21-20(22)28-15/h8-10,15,17H,6-7H2,1-5H3. The zero-order valence-electron chi connectivity index (χ0n) is 16.6. The molecule has 0 spiro atoms. The fourth-order valence-corrected chi connectivity index (χ4v) is 4.54. The zero-order chi connectivity index (χ0) is 20.4. The molecule has 1 amide bonds. The molecule has 2 heterocycles. The first-order valence-electron chi connectivity index (χ1n) is 9.14. The molecule has 2 unspecified atom stereocenters. The van der Waals surface area contributed by atoms with E-state index in [-0.39, 0.29) is 11.2 Å². The first-order chi connectivity index (χ1) is 13.5. The second kappa shape index (κ2) is 8.26. The lowest BCUT2D eigenvalue weighted by molar-refractivity contribution is -0.137. The van der Waals surface area contributed by atoms with Crippen LogP contribution in [0.2, 0.25) is 0 Å². The number of amides is 1. The van der Waals surface area contributed by atoms with Crippen molar-refractivity contribution in [3.63, 3.8) is 0 Å². The molecule has 0 N–H and O–H groups in total. The molecule has 1 fully saturated rings. The maximum atomic E-state index is 13.0. The van der Waals surface area contributed by atoms with Gasteiger partial charge < -0.3 is 14.2 Å². The average Bonchev–Trinajstić information content (AvgIpc) is 3.02. The summed E-state index contributed by atoms with van der Waals surface area (Å²) in [4.78, 5) is 31.7. The van der Waals surface area contributed by atoms with Gasteiger partial charge in [-0.25, -0.2) is 9.79 Å². The van der Waals surface area contributed by atoms with Crippen LogP contribution in [0.15, 0.2) is 34.5 Å². The minimum atomic E-state index is -0.624. The summed E-state index contributed by atoms with van der Waals surface area (Å²) in [5, 5.41) is 0.399. The maximum absolute atomic E-state index is 13.0. The summed E-state index contributed by atoms with van der Waals surface area (Å²) in [7, 11) is 2.88. The monoisotopic (exact) mass is 404 g/mol. The normalized spacial score (nSPS) is 21.4. The minimum absolute atomic E-state index is 0.0574. The molecule has 2 aliphatic rings. The lowest BCUT2D eigenvalue weighted by Gasteiger charge is -2.33. The van der Waals surface area contributed by atoms with Gasteiger partial charge in [0.15, 0.2) is 16.7 Å². The average molecular weight is 404 g/mol. The Kier molecular flexibility index (Phi) is 5.98. The second-order valence-corrected chi connectivity index (χ2v) is 7.52. The number of aliphatic imine (C=N–C) groups is 1. The highest BCUT2D eigenvalue weighted by atomic mass is 32.2. The molecule has 1 saturated heterocycles. The lowest BCUT2D eigenvalue weighted by Crippen LogP contribution is -2.40. The number of esters is 1. The zero-order valence-corrected chi connectivity index (χ0v) is 17.5. The van der Waals surface area contributed by atoms with Crippen molar-refractivity contribution < 1.29 is 23.8 Å². The molecule has 0 saturated carbocycles. The van der Waals surface area contributed by atoms with Crippen LogP contribution < -0.4 is 9.47 Å². The van der Waals surface area contributed by atoms with Crippen molar-refractivity contribution in [3.05, 3.63) is 35.0 Å². The van der Waals surface area contributed by atoms with E-state index in [2.05, 4.69) is 4.99 Å². The van der Waals surface area contributed by atoms with E-state index in [4.69, 9.17) is 14.2 Å². The molecule has 1 aromatic rings. The Morgan fingerprint density at radius 1 is 1.25 bits per heavy atom. The molecule has 28 heavy (non-hydrogen) atoms. The first kappa shape index (κ1) is 20.3. The molecule has 0 aromatic heterocycles. The Morgan fingerprint density at radius 2 is 2.00 bits per heavy atom. The largest absolute Gasteiger partial charge is 0.493 e. The predicted molar refractivity (Wildman–Crippen MR) is 108 cm³/mol. The summed E-state index contributed by atoms with van der Waals surface area (Å²) in [5.74, 6) is 0.581. The third-order valence-corrected chi connectivity index (χ3v) is 6.05. The number of ether oxygens (including phenoxy) is 3. The summed E-state index contributed by atoms with van der Waals surface area (Å²) in [5.41, 5.74) is 1.63. The van der Waals surface area contributed by atoms with Crippen molar-refractivity contribution in [2.24, 2.45) is 4.99 Å². The van der Waals surface area contributed by atoms with Crippen molar-refractivity contribution >= 4 is 28.8 Å². The van der Waals surface area contributed by atoms with Gasteiger partial charge in [-0.05, 0) is 38.0 Å². The number of fused-ring (bicyclic) bond motifs is 1. The topological polar surface area (TPSA) is 77.4 Å². The van der Waals surface area contributed by atoms with Crippen molar-refractivity contribution in [1.29, 1.82) is 0 Å². The van der Waals surface area contributed by atoms with Crippen LogP contribution in [0, 0.1) is 0 Å². The molecule has 0 bridgehead atoms. The van der Waals surface area contributed by atoms with Crippen LogP contribution in [0.5, 0.6) is 11.5 Å². The summed E-state index contributed by atoms with van der Waals surface area (Å²) in [6.07, 6.45) is 0.685. The van der Waals surface area contributed by atoms with E-state index in [0.717, 1.165) is 5.56 Å². The van der Waals surface area contributed by atoms with Gasteiger partial charge in [-0.2, -0.15) is 0 Å². The van der Waals surface area contributed by atoms with Crippen LogP contribution in [0.4, 0.5) is 0 Å². The van der Waals surface area contributed by atoms with Gasteiger partial charge in [-0.1, -0.05) is 24.8 Å². The molecule has 0 aliphatic carbocycles. The highest BCUT2D eigenvalue weighted by Crippen LogP contribution is 2.45. The van der Waals surface area contributed by atoms with Gasteiger partial charge in [0.2, 0.25) is 5.91 Å². The maximum Gasteiger partial charge on any atom is 0.338 e. The molecule has 2 atom stereocenters. The number of nitrogens with zero attached hydrogens (tertiary/aromatic N) is 2. The molecular weight excluding hydrogens is 380 g/mol. The molecule has 0 radical (unpaired) electrons. The van der Waals surface area contributed by atoms with Gasteiger partial charge in [-0.15, -0.1) is 0 Å². The molecule has 2 aliphatic heterocycles. The third kappa shape index (κ3) is 3.37. The molecule has 150 valence electrons. The number of carbonyl (C=O) groups excluding carboxylic acids is 2. The number of hydrogen-bond donors (Lipinski definition) is 0. The van der Waals surface area contributed by atoms with E-state index in [1.807, 2.05) is 19.9 Å². The number of rotatable bonds is 6. The molecule has 3 rings (SSSR count). The first-order valence-corrected chi connectivity index (χ1v) is 10.0. The van der Waals surface area contributed by atoms with Crippen LogP contribution in [0.3, 0.4) is 0 Å². The Morgan fingerprint density at radius 3 is 2.61 bits per heavy atom. The summed E-state index contributed by atoms with van der Waals surface area (Å²) in [6.45, 7) is 6.12. The Bertz CT molecular complexity index is 864. The molecule has 8 heteroatoms. The van der Waals surface area contributed by atoms with Gasteiger partial charge in [0.1, 0.15) is 0 Å². The van der Waals surface area contributed by atoms with Crippen LogP contribution in [0.25, 0.3) is 0 Å². The van der Waals surface area contributed by atoms with E-state index < -0.39 is 12.0 Å². The highest BCUT2D eigenvalue weighted by Gasteiger charge is 2.47. The van der Waals surface area contributed by atoms with Crippen LogP contribution in [0.1, 0.15) is 38.8 Å². The Balaban J connectivity index is 2.15. The number of hydrogen-bond acceptors (Lipinski definition) is 7. The fraction of sp³-hybridized carbons (Fsp3) is 0.450. The fourth-order valence-electron chi connectivity index (χ4n) is 3.40. The summed E-state index contributed by atoms with van der Waals surface area (Å²) in [6, 6.07) is 4.81. The second-order valence-electron chi connectivity index (χ2n) is 6.35. The quantitative estimate of drug-likeness (QED) is 0.677. The number of allylic oxidation sites excluding steroid dienone is 1. The molecule has 7 nitrogen and oxygen atoms in total.